The highest BCUT2D eigenvalue weighted by atomic mass is 31.2. The standard InChI is InChI=1S/C29H32FN4O9P/c1-17(2)41-26(37)18(3)33-44(39,43-22-12-8-20(9-13-22)19-6-10-21(31-5)11-7-19)40-16-23-25(36)29(4,30)27(42-23)34-15-14-24(35)32-28(34)38/h6-15,17-18,23,25,27,36H,16H2,1-4H3,(H,33,39)(H,32,35,38)/t18-,23+,25+,27+,29+,44?/m0/s1. The largest absolute Gasteiger partial charge is 0.462 e. The van der Waals surface area contributed by atoms with Gasteiger partial charge in [0.15, 0.2) is 17.6 Å². The summed E-state index contributed by atoms with van der Waals surface area (Å²) in [6, 6.07) is 13.2. The highest BCUT2D eigenvalue weighted by Crippen LogP contribution is 2.47. The molecule has 0 spiro atoms. The van der Waals surface area contributed by atoms with Gasteiger partial charge in [0.1, 0.15) is 24.0 Å². The Morgan fingerprint density at radius 1 is 1.16 bits per heavy atom. The van der Waals surface area contributed by atoms with Gasteiger partial charge in [0.25, 0.3) is 5.56 Å². The molecule has 1 aliphatic heterocycles. The third kappa shape index (κ3) is 7.50. The topological polar surface area (TPSA) is 163 Å². The van der Waals surface area contributed by atoms with Crippen LogP contribution in [0.1, 0.15) is 33.9 Å². The second-order valence-corrected chi connectivity index (χ2v) is 12.2. The summed E-state index contributed by atoms with van der Waals surface area (Å²) in [5, 5.41) is 13.2. The maximum Gasteiger partial charge on any atom is 0.459 e. The number of aromatic amines is 1. The van der Waals surface area contributed by atoms with Crippen LogP contribution >= 0.6 is 7.75 Å². The number of hydrogen-bond acceptors (Lipinski definition) is 9. The summed E-state index contributed by atoms with van der Waals surface area (Å²) in [5.41, 5.74) is -2.09. The summed E-state index contributed by atoms with van der Waals surface area (Å²) in [6.45, 7) is 12.1. The van der Waals surface area contributed by atoms with Crippen LogP contribution in [-0.2, 0) is 23.4 Å². The summed E-state index contributed by atoms with van der Waals surface area (Å²) in [5.74, 6) is -0.649. The number of ether oxygens (including phenoxy) is 2. The fourth-order valence-corrected chi connectivity index (χ4v) is 5.93. The van der Waals surface area contributed by atoms with Crippen molar-refractivity contribution in [2.24, 2.45) is 0 Å². The highest BCUT2D eigenvalue weighted by Gasteiger charge is 2.56. The minimum absolute atomic E-state index is 0.0904. The van der Waals surface area contributed by atoms with Gasteiger partial charge < -0.3 is 19.1 Å². The number of aliphatic hydroxyl groups excluding tert-OH is 1. The molecule has 1 aromatic heterocycles. The SMILES string of the molecule is [C-]#[N+]c1ccc(-c2ccc(OP(=O)(N[C@@H](C)C(=O)OC(C)C)OC[C@H]3O[C@@H](n4ccc(=O)[nH]c4=O)[C@](C)(F)[C@@H]3O)cc2)cc1. The average molecular weight is 631 g/mol. The van der Waals surface area contributed by atoms with E-state index in [0.717, 1.165) is 34.9 Å². The van der Waals surface area contributed by atoms with E-state index < -0.39 is 67.8 Å². The number of aromatic nitrogens is 2. The number of aliphatic hydroxyl groups is 1. The summed E-state index contributed by atoms with van der Waals surface area (Å²) in [4.78, 5) is 41.6. The number of hydrogen-bond donors (Lipinski definition) is 3. The molecule has 15 heteroatoms. The average Bonchev–Trinajstić information content (AvgIpc) is 3.19. The minimum Gasteiger partial charge on any atom is -0.462 e. The fourth-order valence-electron chi connectivity index (χ4n) is 4.42. The summed E-state index contributed by atoms with van der Waals surface area (Å²) < 4.78 is 52.4. The van der Waals surface area contributed by atoms with Gasteiger partial charge in [0, 0.05) is 12.3 Å². The zero-order valence-corrected chi connectivity index (χ0v) is 25.2. The number of esters is 1. The van der Waals surface area contributed by atoms with Gasteiger partial charge in [-0.2, -0.15) is 5.09 Å². The van der Waals surface area contributed by atoms with Crippen LogP contribution in [0.2, 0.25) is 0 Å². The Balaban J connectivity index is 1.55. The first-order valence-corrected chi connectivity index (χ1v) is 15.1. The normalized spacial score (nSPS) is 23.5. The van der Waals surface area contributed by atoms with Crippen LogP contribution in [0.3, 0.4) is 0 Å². The molecule has 6 atom stereocenters. The molecule has 2 heterocycles. The Hall–Kier alpha value is -4.12. The van der Waals surface area contributed by atoms with Crippen molar-refractivity contribution in [3.05, 3.63) is 93.0 Å². The molecule has 1 aliphatic rings. The molecular weight excluding hydrogens is 598 g/mol. The molecule has 3 aromatic rings. The van der Waals surface area contributed by atoms with E-state index in [4.69, 9.17) is 25.1 Å². The zero-order valence-electron chi connectivity index (χ0n) is 24.3. The van der Waals surface area contributed by atoms with E-state index in [0.29, 0.717) is 5.69 Å². The number of H-pyrrole nitrogens is 1. The molecule has 0 amide bonds. The van der Waals surface area contributed by atoms with Crippen LogP contribution in [0.5, 0.6) is 5.75 Å². The van der Waals surface area contributed by atoms with Gasteiger partial charge in [-0.25, -0.2) is 18.6 Å². The monoisotopic (exact) mass is 630 g/mol. The molecule has 1 saturated heterocycles. The van der Waals surface area contributed by atoms with Gasteiger partial charge in [-0.15, -0.1) is 0 Å². The molecule has 1 unspecified atom stereocenters. The van der Waals surface area contributed by atoms with Crippen molar-refractivity contribution in [3.63, 3.8) is 0 Å². The fraction of sp³-hybridized carbons (Fsp3) is 0.379. The van der Waals surface area contributed by atoms with Gasteiger partial charge in [-0.05, 0) is 51.0 Å². The lowest BCUT2D eigenvalue weighted by Crippen LogP contribution is -2.43. The molecule has 0 bridgehead atoms. The third-order valence-electron chi connectivity index (χ3n) is 6.70. The summed E-state index contributed by atoms with van der Waals surface area (Å²) in [7, 11) is -4.43. The van der Waals surface area contributed by atoms with Crippen molar-refractivity contribution < 1.29 is 37.4 Å². The van der Waals surface area contributed by atoms with Crippen molar-refractivity contribution in [1.82, 2.24) is 14.6 Å². The molecule has 2 aromatic carbocycles. The van der Waals surface area contributed by atoms with Gasteiger partial charge in [0.05, 0.1) is 19.3 Å². The lowest BCUT2D eigenvalue weighted by molar-refractivity contribution is -0.149. The highest BCUT2D eigenvalue weighted by molar-refractivity contribution is 7.52. The minimum atomic E-state index is -4.43. The molecule has 0 radical (unpaired) electrons. The summed E-state index contributed by atoms with van der Waals surface area (Å²) in [6.07, 6.45) is -4.37. The molecular formula is C29H32FN4O9P. The first-order valence-electron chi connectivity index (χ1n) is 13.6. The molecule has 0 saturated carbocycles. The predicted molar refractivity (Wildman–Crippen MR) is 157 cm³/mol. The number of benzene rings is 2. The van der Waals surface area contributed by atoms with Crippen LogP contribution in [0.25, 0.3) is 16.0 Å². The van der Waals surface area contributed by atoms with Crippen molar-refractivity contribution >= 4 is 19.4 Å². The van der Waals surface area contributed by atoms with Crippen molar-refractivity contribution in [1.29, 1.82) is 0 Å². The number of nitrogens with zero attached hydrogens (tertiary/aromatic N) is 2. The van der Waals surface area contributed by atoms with E-state index in [2.05, 4.69) is 9.93 Å². The van der Waals surface area contributed by atoms with Crippen LogP contribution in [0, 0.1) is 6.57 Å². The van der Waals surface area contributed by atoms with Gasteiger partial charge in [-0.3, -0.25) is 23.7 Å². The van der Waals surface area contributed by atoms with Crippen molar-refractivity contribution in [3.8, 4) is 16.9 Å². The van der Waals surface area contributed by atoms with Crippen LogP contribution < -0.4 is 20.9 Å². The first-order chi connectivity index (χ1) is 20.7. The maximum atomic E-state index is 15.6. The second kappa shape index (κ2) is 13.3. The molecule has 3 N–H and O–H groups in total. The molecule has 0 aliphatic carbocycles. The Kier molecular flexibility index (Phi) is 9.88. The smallest absolute Gasteiger partial charge is 0.459 e. The van der Waals surface area contributed by atoms with E-state index in [1.165, 1.54) is 19.1 Å². The number of rotatable bonds is 11. The van der Waals surface area contributed by atoms with E-state index in [1.54, 1.807) is 50.2 Å². The first kappa shape index (κ1) is 32.8. The molecule has 13 nitrogen and oxygen atoms in total. The Morgan fingerprint density at radius 2 is 1.77 bits per heavy atom. The summed E-state index contributed by atoms with van der Waals surface area (Å²) >= 11 is 0. The molecule has 4 rings (SSSR count). The Bertz CT molecular complexity index is 1680. The second-order valence-electron chi connectivity index (χ2n) is 10.5. The van der Waals surface area contributed by atoms with E-state index >= 15 is 4.39 Å². The molecule has 234 valence electrons. The van der Waals surface area contributed by atoms with Crippen LogP contribution in [0.15, 0.2) is 70.4 Å². The van der Waals surface area contributed by atoms with Crippen LogP contribution in [0.4, 0.5) is 10.1 Å². The lowest BCUT2D eigenvalue weighted by atomic mass is 9.98. The number of nitrogens with one attached hydrogen (secondary N) is 2. The molecule has 44 heavy (non-hydrogen) atoms. The van der Waals surface area contributed by atoms with Crippen molar-refractivity contribution in [2.45, 2.75) is 63.9 Å². The Morgan fingerprint density at radius 3 is 2.34 bits per heavy atom. The third-order valence-corrected chi connectivity index (χ3v) is 8.34. The number of carbonyl (C=O) groups is 1. The number of alkyl halides is 1. The quantitative estimate of drug-likeness (QED) is 0.161. The van der Waals surface area contributed by atoms with Gasteiger partial charge in [0.2, 0.25) is 0 Å². The van der Waals surface area contributed by atoms with E-state index in [9.17, 15) is 24.1 Å². The van der Waals surface area contributed by atoms with E-state index in [-0.39, 0.29) is 5.75 Å². The maximum absolute atomic E-state index is 15.6. The number of carbonyl (C=O) groups excluding carboxylic acids is 1. The molecule has 1 fully saturated rings. The lowest BCUT2D eigenvalue weighted by Gasteiger charge is -2.25. The Labute approximate surface area is 252 Å². The zero-order chi connectivity index (χ0) is 32.2. The van der Waals surface area contributed by atoms with E-state index in [1.807, 2.05) is 4.98 Å². The predicted octanol–water partition coefficient (Wildman–Crippen LogP) is 3.87. The number of halogens is 1. The van der Waals surface area contributed by atoms with Crippen LogP contribution in [-0.4, -0.2) is 57.3 Å². The van der Waals surface area contributed by atoms with Gasteiger partial charge in [-0.1, -0.05) is 36.4 Å². The van der Waals surface area contributed by atoms with Gasteiger partial charge >= 0.3 is 19.4 Å². The van der Waals surface area contributed by atoms with Crippen molar-refractivity contribution in [2.75, 3.05) is 6.61 Å².